The van der Waals surface area contributed by atoms with Gasteiger partial charge in [-0.3, -0.25) is 9.59 Å². The van der Waals surface area contributed by atoms with Gasteiger partial charge >= 0.3 is 0 Å². The van der Waals surface area contributed by atoms with Crippen molar-refractivity contribution in [2.24, 2.45) is 28.6 Å². The van der Waals surface area contributed by atoms with Crippen LogP contribution in [-0.4, -0.2) is 16.7 Å². The van der Waals surface area contributed by atoms with Crippen LogP contribution in [0.15, 0.2) is 11.3 Å². The van der Waals surface area contributed by atoms with Crippen molar-refractivity contribution in [2.75, 3.05) is 0 Å². The summed E-state index contributed by atoms with van der Waals surface area (Å²) >= 11 is 0. The minimum atomic E-state index is -0.133. The third-order valence-electron chi connectivity index (χ3n) is 7.54. The highest BCUT2D eigenvalue weighted by molar-refractivity contribution is 6.40. The normalized spacial score (nSPS) is 48.0. The molecule has 1 N–H and O–H groups in total. The first-order valence-electron chi connectivity index (χ1n) is 8.85. The summed E-state index contributed by atoms with van der Waals surface area (Å²) in [5.74, 6) is 1.15. The predicted molar refractivity (Wildman–Crippen MR) is 83.3 cm³/mol. The van der Waals surface area contributed by atoms with Crippen molar-refractivity contribution in [3.05, 3.63) is 11.3 Å². The molecule has 0 spiro atoms. The highest BCUT2D eigenvalue weighted by atomic mass is 16.3. The quantitative estimate of drug-likeness (QED) is 0.689. The lowest BCUT2D eigenvalue weighted by atomic mass is 9.47. The monoisotopic (exact) mass is 302 g/mol. The second kappa shape index (κ2) is 4.46. The number of fused-ring (bicyclic) bond motifs is 5. The number of ketones is 2. The van der Waals surface area contributed by atoms with E-state index in [0.717, 1.165) is 44.9 Å². The molecule has 0 saturated heterocycles. The summed E-state index contributed by atoms with van der Waals surface area (Å²) in [5, 5.41) is 10.4. The molecule has 0 amide bonds. The molecule has 3 saturated carbocycles. The lowest BCUT2D eigenvalue weighted by Gasteiger charge is -2.56. The summed E-state index contributed by atoms with van der Waals surface area (Å²) in [6.45, 7) is 4.46. The van der Waals surface area contributed by atoms with Crippen LogP contribution in [-0.2, 0) is 9.59 Å². The third kappa shape index (κ3) is 1.68. The lowest BCUT2D eigenvalue weighted by Crippen LogP contribution is -2.50. The number of allylic oxidation sites excluding steroid dienone is 2. The molecule has 3 fully saturated rings. The maximum atomic E-state index is 12.5. The van der Waals surface area contributed by atoms with Crippen LogP contribution in [0.4, 0.5) is 0 Å². The van der Waals surface area contributed by atoms with Gasteiger partial charge in [0.05, 0.1) is 5.76 Å². The van der Waals surface area contributed by atoms with Gasteiger partial charge in [0.15, 0.2) is 5.78 Å². The summed E-state index contributed by atoms with van der Waals surface area (Å²) in [7, 11) is 0. The van der Waals surface area contributed by atoms with Crippen LogP contribution in [0.25, 0.3) is 0 Å². The average Bonchev–Trinajstić information content (AvgIpc) is 2.68. The molecule has 120 valence electrons. The van der Waals surface area contributed by atoms with Gasteiger partial charge in [-0.25, -0.2) is 0 Å². The highest BCUT2D eigenvalue weighted by Crippen LogP contribution is 2.64. The minimum Gasteiger partial charge on any atom is -0.512 e. The van der Waals surface area contributed by atoms with Crippen molar-refractivity contribution in [2.45, 2.75) is 65.2 Å². The van der Waals surface area contributed by atoms with Gasteiger partial charge < -0.3 is 5.11 Å². The first-order valence-corrected chi connectivity index (χ1v) is 8.85. The van der Waals surface area contributed by atoms with Crippen molar-refractivity contribution in [3.63, 3.8) is 0 Å². The molecule has 4 aliphatic rings. The Hall–Kier alpha value is -1.12. The van der Waals surface area contributed by atoms with Gasteiger partial charge in [0.2, 0.25) is 5.78 Å². The van der Waals surface area contributed by atoms with E-state index in [2.05, 4.69) is 13.8 Å². The van der Waals surface area contributed by atoms with Gasteiger partial charge in [-0.1, -0.05) is 13.8 Å². The van der Waals surface area contributed by atoms with E-state index in [4.69, 9.17) is 0 Å². The smallest absolute Gasteiger partial charge is 0.202 e. The van der Waals surface area contributed by atoms with Gasteiger partial charge in [-0.15, -0.1) is 0 Å². The Bertz CT molecular complexity index is 589. The molecule has 0 bridgehead atoms. The van der Waals surface area contributed by atoms with E-state index in [1.165, 1.54) is 5.57 Å². The zero-order chi connectivity index (χ0) is 15.7. The van der Waals surface area contributed by atoms with Gasteiger partial charge in [0, 0.05) is 18.8 Å². The number of carbonyl (C=O) groups excluding carboxylic acids is 2. The number of carbonyl (C=O) groups is 2. The standard InChI is InChI=1S/C19H26O3/c1-18-9-7-12-11(16(18)17(22)15(21)10-18)5-6-13-14(20)4-3-8-19(12,13)2/h11-12,16,20H,3-10H2,1-2H3/t11-,12+,16-,18-,19-/m1/s1. The fourth-order valence-corrected chi connectivity index (χ4v) is 6.50. The first kappa shape index (κ1) is 14.5. The number of Topliss-reactive ketones (excluding diaryl/α,β-unsaturated/α-hetero) is 2. The van der Waals surface area contributed by atoms with Crippen LogP contribution in [0.5, 0.6) is 0 Å². The summed E-state index contributed by atoms with van der Waals surface area (Å²) in [5.41, 5.74) is 1.22. The molecule has 0 aromatic heterocycles. The first-order chi connectivity index (χ1) is 10.4. The summed E-state index contributed by atoms with van der Waals surface area (Å²) in [6.07, 6.45) is 7.43. The summed E-state index contributed by atoms with van der Waals surface area (Å²) in [4.78, 5) is 24.6. The Labute approximate surface area is 132 Å². The van der Waals surface area contributed by atoms with Gasteiger partial charge in [-0.05, 0) is 66.8 Å². The number of rotatable bonds is 0. The topological polar surface area (TPSA) is 54.4 Å². The molecule has 5 atom stereocenters. The second-order valence-corrected chi connectivity index (χ2v) is 8.64. The minimum absolute atomic E-state index is 0.0541. The lowest BCUT2D eigenvalue weighted by molar-refractivity contribution is -0.139. The molecule has 0 unspecified atom stereocenters. The van der Waals surface area contributed by atoms with Crippen LogP contribution in [0, 0.1) is 28.6 Å². The molecule has 0 aromatic carbocycles. The van der Waals surface area contributed by atoms with Crippen molar-refractivity contribution in [3.8, 4) is 0 Å². The van der Waals surface area contributed by atoms with E-state index >= 15 is 0 Å². The van der Waals surface area contributed by atoms with Gasteiger partial charge in [-0.2, -0.15) is 0 Å². The molecule has 22 heavy (non-hydrogen) atoms. The SMILES string of the molecule is C[C@]12CC[C@H]3[C@@H](CCC4=C(O)CCC[C@@]43C)[C@@H]1C(=O)C(=O)C2. The number of aliphatic hydroxyl groups is 1. The van der Waals surface area contributed by atoms with E-state index in [0.29, 0.717) is 24.0 Å². The Morgan fingerprint density at radius 3 is 2.64 bits per heavy atom. The van der Waals surface area contributed by atoms with E-state index in [1.54, 1.807) is 0 Å². The number of aliphatic hydroxyl groups excluding tert-OH is 1. The van der Waals surface area contributed by atoms with E-state index in [9.17, 15) is 14.7 Å². The van der Waals surface area contributed by atoms with E-state index in [-0.39, 0.29) is 28.3 Å². The summed E-state index contributed by atoms with van der Waals surface area (Å²) < 4.78 is 0. The molecule has 3 nitrogen and oxygen atoms in total. The number of hydrogen-bond donors (Lipinski definition) is 1. The maximum Gasteiger partial charge on any atom is 0.202 e. The average molecular weight is 302 g/mol. The third-order valence-corrected chi connectivity index (χ3v) is 7.54. The van der Waals surface area contributed by atoms with Crippen molar-refractivity contribution >= 4 is 11.6 Å². The fourth-order valence-electron chi connectivity index (χ4n) is 6.50. The number of hydrogen-bond acceptors (Lipinski definition) is 3. The predicted octanol–water partition coefficient (Wildman–Crippen LogP) is 3.97. The molecule has 4 rings (SSSR count). The van der Waals surface area contributed by atoms with Crippen LogP contribution >= 0.6 is 0 Å². The molecular formula is C19H26O3. The molecule has 0 heterocycles. The van der Waals surface area contributed by atoms with Gasteiger partial charge in [0.25, 0.3) is 0 Å². The van der Waals surface area contributed by atoms with Crippen LogP contribution in [0.2, 0.25) is 0 Å². The Morgan fingerprint density at radius 2 is 1.86 bits per heavy atom. The highest BCUT2D eigenvalue weighted by Gasteiger charge is 2.61. The molecule has 0 radical (unpaired) electrons. The molecular weight excluding hydrogens is 276 g/mol. The zero-order valence-electron chi connectivity index (χ0n) is 13.7. The molecule has 3 heteroatoms. The Morgan fingerprint density at radius 1 is 1.09 bits per heavy atom. The van der Waals surface area contributed by atoms with Gasteiger partial charge in [0.1, 0.15) is 0 Å². The Kier molecular flexibility index (Phi) is 2.93. The summed E-state index contributed by atoms with van der Waals surface area (Å²) in [6, 6.07) is 0. The van der Waals surface area contributed by atoms with Crippen LogP contribution in [0.1, 0.15) is 65.2 Å². The largest absolute Gasteiger partial charge is 0.512 e. The second-order valence-electron chi connectivity index (χ2n) is 8.64. The van der Waals surface area contributed by atoms with Crippen LogP contribution in [0.3, 0.4) is 0 Å². The molecule has 4 aliphatic carbocycles. The maximum absolute atomic E-state index is 12.5. The van der Waals surface area contributed by atoms with Crippen LogP contribution < -0.4 is 0 Å². The van der Waals surface area contributed by atoms with E-state index in [1.807, 2.05) is 0 Å². The van der Waals surface area contributed by atoms with Crippen molar-refractivity contribution in [1.82, 2.24) is 0 Å². The fraction of sp³-hybridized carbons (Fsp3) is 0.789. The van der Waals surface area contributed by atoms with Crippen molar-refractivity contribution in [1.29, 1.82) is 0 Å². The molecule has 0 aliphatic heterocycles. The molecule has 0 aromatic rings. The zero-order valence-corrected chi connectivity index (χ0v) is 13.7. The Balaban J connectivity index is 1.75. The van der Waals surface area contributed by atoms with E-state index < -0.39 is 0 Å². The van der Waals surface area contributed by atoms with Crippen molar-refractivity contribution < 1.29 is 14.7 Å².